The standard InChI is InChI=1S/C17H22FNO/c18-15-2-1-3-16(14(15)9-19)20-17-12-5-10-4-11(7-12)8-13(17)6-10/h1-3,10-13,17H,4-9,19H2. The molecule has 4 fully saturated rings. The molecular weight excluding hydrogens is 253 g/mol. The normalized spacial score (nSPS) is 38.2. The number of halogens is 1. The lowest BCUT2D eigenvalue weighted by atomic mass is 9.55. The van der Waals surface area contributed by atoms with Crippen LogP contribution in [-0.2, 0) is 6.54 Å². The first-order chi connectivity index (χ1) is 9.74. The fourth-order valence-electron chi connectivity index (χ4n) is 5.06. The molecule has 0 saturated heterocycles. The van der Waals surface area contributed by atoms with Gasteiger partial charge in [0.2, 0.25) is 0 Å². The number of hydrogen-bond donors (Lipinski definition) is 1. The summed E-state index contributed by atoms with van der Waals surface area (Å²) in [6.45, 7) is 0.204. The van der Waals surface area contributed by atoms with Gasteiger partial charge in [-0.25, -0.2) is 4.39 Å². The van der Waals surface area contributed by atoms with E-state index < -0.39 is 0 Å². The largest absolute Gasteiger partial charge is 0.489 e. The second-order valence-electron chi connectivity index (χ2n) is 6.93. The maximum Gasteiger partial charge on any atom is 0.131 e. The zero-order valence-corrected chi connectivity index (χ0v) is 11.7. The van der Waals surface area contributed by atoms with Gasteiger partial charge < -0.3 is 10.5 Å². The topological polar surface area (TPSA) is 35.2 Å². The van der Waals surface area contributed by atoms with E-state index in [9.17, 15) is 4.39 Å². The second kappa shape index (κ2) is 4.73. The van der Waals surface area contributed by atoms with Gasteiger partial charge in [-0.1, -0.05) is 6.07 Å². The molecule has 0 amide bonds. The van der Waals surface area contributed by atoms with E-state index in [2.05, 4.69) is 0 Å². The molecule has 1 aromatic rings. The van der Waals surface area contributed by atoms with E-state index in [1.165, 1.54) is 38.2 Å². The van der Waals surface area contributed by atoms with Crippen LogP contribution in [0.3, 0.4) is 0 Å². The summed E-state index contributed by atoms with van der Waals surface area (Å²) in [5.74, 6) is 3.65. The Morgan fingerprint density at radius 3 is 2.30 bits per heavy atom. The van der Waals surface area contributed by atoms with Crippen LogP contribution >= 0.6 is 0 Å². The van der Waals surface area contributed by atoms with E-state index in [-0.39, 0.29) is 18.5 Å². The van der Waals surface area contributed by atoms with Crippen molar-refractivity contribution in [3.05, 3.63) is 29.6 Å². The van der Waals surface area contributed by atoms with Gasteiger partial charge >= 0.3 is 0 Å². The third-order valence-electron chi connectivity index (χ3n) is 5.68. The fraction of sp³-hybridized carbons (Fsp3) is 0.647. The Morgan fingerprint density at radius 2 is 1.70 bits per heavy atom. The minimum absolute atomic E-state index is 0.204. The third kappa shape index (κ3) is 1.95. The van der Waals surface area contributed by atoms with Crippen molar-refractivity contribution in [3.63, 3.8) is 0 Å². The molecule has 4 bridgehead atoms. The maximum atomic E-state index is 13.8. The molecule has 4 aliphatic carbocycles. The SMILES string of the molecule is NCc1c(F)cccc1OC1C2CC3CC(C2)CC1C3. The number of benzene rings is 1. The van der Waals surface area contributed by atoms with E-state index >= 15 is 0 Å². The second-order valence-corrected chi connectivity index (χ2v) is 6.93. The first-order valence-corrected chi connectivity index (χ1v) is 7.88. The van der Waals surface area contributed by atoms with Gasteiger partial charge in [0.15, 0.2) is 0 Å². The van der Waals surface area contributed by atoms with Gasteiger partial charge in [0, 0.05) is 12.1 Å². The van der Waals surface area contributed by atoms with E-state index in [4.69, 9.17) is 10.5 Å². The van der Waals surface area contributed by atoms with Crippen molar-refractivity contribution in [3.8, 4) is 5.75 Å². The maximum absolute atomic E-state index is 13.8. The minimum Gasteiger partial charge on any atom is -0.489 e. The third-order valence-corrected chi connectivity index (χ3v) is 5.68. The lowest BCUT2D eigenvalue weighted by Gasteiger charge is -2.53. The molecule has 20 heavy (non-hydrogen) atoms. The predicted octanol–water partition coefficient (Wildman–Crippen LogP) is 3.49. The lowest BCUT2D eigenvalue weighted by molar-refractivity contribution is -0.0793. The van der Waals surface area contributed by atoms with Crippen LogP contribution in [0.25, 0.3) is 0 Å². The quantitative estimate of drug-likeness (QED) is 0.916. The van der Waals surface area contributed by atoms with Crippen molar-refractivity contribution in [2.45, 2.75) is 44.8 Å². The molecule has 2 nitrogen and oxygen atoms in total. The van der Waals surface area contributed by atoms with Crippen LogP contribution in [0.4, 0.5) is 4.39 Å². The summed E-state index contributed by atoms with van der Waals surface area (Å²) in [6.07, 6.45) is 6.97. The Labute approximate surface area is 119 Å². The lowest BCUT2D eigenvalue weighted by Crippen LogP contribution is -2.50. The smallest absolute Gasteiger partial charge is 0.131 e. The molecule has 108 valence electrons. The highest BCUT2D eigenvalue weighted by atomic mass is 19.1. The van der Waals surface area contributed by atoms with Crippen molar-refractivity contribution in [1.82, 2.24) is 0 Å². The molecule has 0 aliphatic heterocycles. The van der Waals surface area contributed by atoms with Gasteiger partial charge in [-0.3, -0.25) is 0 Å². The summed E-state index contributed by atoms with van der Waals surface area (Å²) in [5, 5.41) is 0. The van der Waals surface area contributed by atoms with E-state index in [1.807, 2.05) is 6.07 Å². The summed E-state index contributed by atoms with van der Waals surface area (Å²) in [6, 6.07) is 5.06. The number of hydrogen-bond acceptors (Lipinski definition) is 2. The van der Waals surface area contributed by atoms with Crippen molar-refractivity contribution < 1.29 is 9.13 Å². The average Bonchev–Trinajstić information content (AvgIpc) is 2.42. The summed E-state index contributed by atoms with van der Waals surface area (Å²) in [7, 11) is 0. The molecule has 1 aromatic carbocycles. The molecule has 3 heteroatoms. The van der Waals surface area contributed by atoms with Crippen LogP contribution in [0.2, 0.25) is 0 Å². The van der Waals surface area contributed by atoms with Gasteiger partial charge in [0.1, 0.15) is 17.7 Å². The van der Waals surface area contributed by atoms with Crippen LogP contribution in [0.15, 0.2) is 18.2 Å². The molecule has 0 heterocycles. The Kier molecular flexibility index (Phi) is 2.99. The first-order valence-electron chi connectivity index (χ1n) is 7.88. The fourth-order valence-corrected chi connectivity index (χ4v) is 5.06. The molecule has 4 aliphatic rings. The van der Waals surface area contributed by atoms with Crippen LogP contribution in [0, 0.1) is 29.5 Å². The van der Waals surface area contributed by atoms with Crippen molar-refractivity contribution in [2.75, 3.05) is 0 Å². The van der Waals surface area contributed by atoms with E-state index in [0.29, 0.717) is 23.1 Å². The van der Waals surface area contributed by atoms with Crippen molar-refractivity contribution in [1.29, 1.82) is 0 Å². The number of ether oxygens (including phenoxy) is 1. The van der Waals surface area contributed by atoms with Gasteiger partial charge in [-0.15, -0.1) is 0 Å². The van der Waals surface area contributed by atoms with E-state index in [1.54, 1.807) is 6.07 Å². The average molecular weight is 275 g/mol. The predicted molar refractivity (Wildman–Crippen MR) is 75.8 cm³/mol. The molecule has 0 atom stereocenters. The molecule has 0 unspecified atom stereocenters. The molecular formula is C17H22FNO. The van der Waals surface area contributed by atoms with Gasteiger partial charge in [0.05, 0.1) is 0 Å². The summed E-state index contributed by atoms with van der Waals surface area (Å²) < 4.78 is 20.1. The molecule has 0 radical (unpaired) electrons. The number of rotatable bonds is 3. The van der Waals surface area contributed by atoms with Crippen molar-refractivity contribution in [2.24, 2.45) is 29.4 Å². The van der Waals surface area contributed by atoms with Crippen LogP contribution in [0.1, 0.15) is 37.7 Å². The summed E-state index contributed by atoms with van der Waals surface area (Å²) >= 11 is 0. The Hall–Kier alpha value is -1.09. The Balaban J connectivity index is 1.59. The number of nitrogens with two attached hydrogens (primary N) is 1. The molecule has 2 N–H and O–H groups in total. The zero-order chi connectivity index (χ0) is 13.7. The van der Waals surface area contributed by atoms with Crippen LogP contribution in [0.5, 0.6) is 5.75 Å². The Bertz CT molecular complexity index is 488. The van der Waals surface area contributed by atoms with Crippen molar-refractivity contribution >= 4 is 0 Å². The molecule has 5 rings (SSSR count). The Morgan fingerprint density at radius 1 is 1.05 bits per heavy atom. The van der Waals surface area contributed by atoms with Gasteiger partial charge in [-0.05, 0) is 67.9 Å². The van der Waals surface area contributed by atoms with Crippen LogP contribution in [-0.4, -0.2) is 6.10 Å². The van der Waals surface area contributed by atoms with Gasteiger partial charge in [-0.2, -0.15) is 0 Å². The highest BCUT2D eigenvalue weighted by Crippen LogP contribution is 2.54. The van der Waals surface area contributed by atoms with E-state index in [0.717, 1.165) is 11.8 Å². The summed E-state index contributed by atoms with van der Waals surface area (Å²) in [5.41, 5.74) is 6.21. The highest BCUT2D eigenvalue weighted by Gasteiger charge is 2.49. The van der Waals surface area contributed by atoms with Crippen LogP contribution < -0.4 is 10.5 Å². The summed E-state index contributed by atoms with van der Waals surface area (Å²) in [4.78, 5) is 0. The molecule has 4 saturated carbocycles. The first kappa shape index (κ1) is 12.6. The minimum atomic E-state index is -0.242. The zero-order valence-electron chi connectivity index (χ0n) is 11.7. The highest BCUT2D eigenvalue weighted by molar-refractivity contribution is 5.35. The van der Waals surface area contributed by atoms with Gasteiger partial charge in [0.25, 0.3) is 0 Å². The monoisotopic (exact) mass is 275 g/mol. The molecule has 0 spiro atoms. The molecule has 0 aromatic heterocycles.